The van der Waals surface area contributed by atoms with Gasteiger partial charge >= 0.3 is 0 Å². The lowest BCUT2D eigenvalue weighted by Gasteiger charge is -2.41. The average molecular weight is 425 g/mol. The van der Waals surface area contributed by atoms with E-state index in [0.29, 0.717) is 44.3 Å². The quantitative estimate of drug-likeness (QED) is 0.710. The first-order chi connectivity index (χ1) is 15.0. The highest BCUT2D eigenvalue weighted by atomic mass is 16.5. The van der Waals surface area contributed by atoms with Crippen LogP contribution in [-0.2, 0) is 16.1 Å². The fourth-order valence-corrected chi connectivity index (χ4v) is 4.44. The zero-order valence-electron chi connectivity index (χ0n) is 18.4. The third kappa shape index (κ3) is 4.52. The van der Waals surface area contributed by atoms with Crippen LogP contribution in [0.4, 0.5) is 11.5 Å². The molecule has 31 heavy (non-hydrogen) atoms. The average Bonchev–Trinajstić information content (AvgIpc) is 3.62. The zero-order chi connectivity index (χ0) is 22.0. The molecule has 1 amide bonds. The maximum absolute atomic E-state index is 12.5. The van der Waals surface area contributed by atoms with Crippen molar-refractivity contribution in [3.63, 3.8) is 0 Å². The number of nitrogens with two attached hydrogens (primary N) is 1. The van der Waals surface area contributed by atoms with Crippen molar-refractivity contribution in [1.29, 1.82) is 0 Å². The molecule has 7 nitrogen and oxygen atoms in total. The number of nitrogen functional groups attached to an aromatic ring is 1. The number of carbonyl (C=O) groups excluding carboxylic acids is 1. The molecule has 1 aliphatic heterocycles. The molecule has 1 aromatic heterocycles. The van der Waals surface area contributed by atoms with Crippen molar-refractivity contribution >= 4 is 17.4 Å². The number of benzene rings is 1. The normalized spacial score (nSPS) is 19.0. The van der Waals surface area contributed by atoms with Crippen LogP contribution >= 0.6 is 0 Å². The van der Waals surface area contributed by atoms with Crippen LogP contribution < -0.4 is 10.6 Å². The number of methoxy groups -OCH3 is 1. The van der Waals surface area contributed by atoms with Crippen molar-refractivity contribution in [3.8, 4) is 11.1 Å². The Labute approximate surface area is 183 Å². The maximum Gasteiger partial charge on any atom is 0.225 e. The molecule has 0 unspecified atom stereocenters. The van der Waals surface area contributed by atoms with Gasteiger partial charge in [0.15, 0.2) is 5.82 Å². The van der Waals surface area contributed by atoms with Crippen LogP contribution in [0.2, 0.25) is 0 Å². The van der Waals surface area contributed by atoms with Gasteiger partial charge in [-0.3, -0.25) is 4.79 Å². The lowest BCUT2D eigenvalue weighted by Crippen LogP contribution is -2.54. The minimum atomic E-state index is -0.0154. The van der Waals surface area contributed by atoms with Crippen LogP contribution in [0.25, 0.3) is 11.1 Å². The Balaban J connectivity index is 1.61. The third-order valence-electron chi connectivity index (χ3n) is 6.27. The largest absolute Gasteiger partial charge is 0.396 e. The summed E-state index contributed by atoms with van der Waals surface area (Å²) in [5.41, 5.74) is 11.1. The Hall–Kier alpha value is -2.64. The molecule has 166 valence electrons. The van der Waals surface area contributed by atoms with Crippen LogP contribution in [0.15, 0.2) is 30.3 Å². The number of aromatic nitrogens is 1. The van der Waals surface area contributed by atoms with Gasteiger partial charge in [-0.2, -0.15) is 0 Å². The highest BCUT2D eigenvalue weighted by Gasteiger charge is 2.32. The number of piperazine rings is 1. The predicted octanol–water partition coefficient (Wildman–Crippen LogP) is 2.77. The molecule has 1 atom stereocenters. The molecule has 4 rings (SSSR count). The van der Waals surface area contributed by atoms with Gasteiger partial charge in [0.05, 0.1) is 31.0 Å². The number of ether oxygens (including phenoxy) is 1. The van der Waals surface area contributed by atoms with Gasteiger partial charge in [0.2, 0.25) is 5.91 Å². The van der Waals surface area contributed by atoms with E-state index in [1.54, 1.807) is 7.11 Å². The molecule has 1 saturated carbocycles. The van der Waals surface area contributed by atoms with Crippen LogP contribution in [0.3, 0.4) is 0 Å². The van der Waals surface area contributed by atoms with Crippen LogP contribution in [0.5, 0.6) is 0 Å². The van der Waals surface area contributed by atoms with E-state index in [1.807, 2.05) is 35.2 Å². The SMILES string of the molecule is COCCC(=O)N1CCN(c2nc(C3CC3)c(-c3ccccc3CO)cc2N)C[C@H]1C. The third-order valence-corrected chi connectivity index (χ3v) is 6.27. The number of pyridine rings is 1. The topological polar surface area (TPSA) is 91.9 Å². The second kappa shape index (κ2) is 9.24. The Bertz CT molecular complexity index is 944. The Morgan fingerprint density at radius 2 is 2.03 bits per heavy atom. The lowest BCUT2D eigenvalue weighted by atomic mass is 9.96. The van der Waals surface area contributed by atoms with Gasteiger partial charge in [-0.05, 0) is 37.0 Å². The van der Waals surface area contributed by atoms with Gasteiger partial charge in [0.1, 0.15) is 0 Å². The minimum absolute atomic E-state index is 0.0154. The summed E-state index contributed by atoms with van der Waals surface area (Å²) in [6.45, 7) is 4.56. The second-order valence-corrected chi connectivity index (χ2v) is 8.55. The summed E-state index contributed by atoms with van der Waals surface area (Å²) in [6.07, 6.45) is 2.66. The van der Waals surface area contributed by atoms with Crippen molar-refractivity contribution in [2.75, 3.05) is 44.0 Å². The number of rotatable bonds is 7. The Kier molecular flexibility index (Phi) is 6.43. The monoisotopic (exact) mass is 424 g/mol. The summed E-state index contributed by atoms with van der Waals surface area (Å²) in [6, 6.07) is 9.99. The first-order valence-corrected chi connectivity index (χ1v) is 11.1. The van der Waals surface area contributed by atoms with E-state index in [4.69, 9.17) is 15.5 Å². The molecule has 1 aromatic carbocycles. The molecular formula is C24H32N4O3. The molecule has 0 spiro atoms. The lowest BCUT2D eigenvalue weighted by molar-refractivity contribution is -0.134. The van der Waals surface area contributed by atoms with Gasteiger partial charge in [-0.25, -0.2) is 4.98 Å². The van der Waals surface area contributed by atoms with Crippen molar-refractivity contribution < 1.29 is 14.6 Å². The second-order valence-electron chi connectivity index (χ2n) is 8.55. The number of amides is 1. The number of nitrogens with zero attached hydrogens (tertiary/aromatic N) is 3. The molecule has 0 radical (unpaired) electrons. The molecule has 1 aliphatic carbocycles. The van der Waals surface area contributed by atoms with E-state index in [9.17, 15) is 9.90 Å². The Morgan fingerprint density at radius 1 is 1.26 bits per heavy atom. The number of hydrogen-bond donors (Lipinski definition) is 2. The Morgan fingerprint density at radius 3 is 2.71 bits per heavy atom. The van der Waals surface area contributed by atoms with E-state index < -0.39 is 0 Å². The molecule has 2 aromatic rings. The molecule has 7 heteroatoms. The summed E-state index contributed by atoms with van der Waals surface area (Å²) in [5, 5.41) is 9.81. The van der Waals surface area contributed by atoms with Crippen LogP contribution in [0, 0.1) is 0 Å². The first-order valence-electron chi connectivity index (χ1n) is 11.1. The molecule has 2 heterocycles. The van der Waals surface area contributed by atoms with Crippen molar-refractivity contribution in [2.24, 2.45) is 0 Å². The number of aliphatic hydroxyl groups excluding tert-OH is 1. The molecule has 3 N–H and O–H groups in total. The van der Waals surface area contributed by atoms with Gasteiger partial charge in [0, 0.05) is 44.3 Å². The maximum atomic E-state index is 12.5. The summed E-state index contributed by atoms with van der Waals surface area (Å²) in [4.78, 5) is 21.6. The summed E-state index contributed by atoms with van der Waals surface area (Å²) < 4.78 is 5.05. The van der Waals surface area contributed by atoms with Crippen LogP contribution in [-0.4, -0.2) is 60.3 Å². The number of carbonyl (C=O) groups is 1. The fourth-order valence-electron chi connectivity index (χ4n) is 4.44. The molecule has 2 fully saturated rings. The van der Waals surface area contributed by atoms with Gasteiger partial charge in [-0.1, -0.05) is 24.3 Å². The first kappa shape index (κ1) is 21.6. The molecule has 2 aliphatic rings. The van der Waals surface area contributed by atoms with Crippen LogP contribution in [0.1, 0.15) is 43.4 Å². The van der Waals surface area contributed by atoms with Gasteiger partial charge in [0.25, 0.3) is 0 Å². The van der Waals surface area contributed by atoms with Crippen molar-refractivity contribution in [1.82, 2.24) is 9.88 Å². The zero-order valence-corrected chi connectivity index (χ0v) is 18.4. The van der Waals surface area contributed by atoms with Crippen molar-refractivity contribution in [2.45, 2.75) is 44.8 Å². The van der Waals surface area contributed by atoms with E-state index in [2.05, 4.69) is 11.8 Å². The van der Waals surface area contributed by atoms with E-state index >= 15 is 0 Å². The van der Waals surface area contributed by atoms with Gasteiger partial charge < -0.3 is 25.4 Å². The summed E-state index contributed by atoms with van der Waals surface area (Å²) in [5.74, 6) is 1.38. The van der Waals surface area contributed by atoms with E-state index in [-0.39, 0.29) is 18.6 Å². The van der Waals surface area contributed by atoms with Crippen molar-refractivity contribution in [3.05, 3.63) is 41.6 Å². The molecule has 1 saturated heterocycles. The molecular weight excluding hydrogens is 392 g/mol. The fraction of sp³-hybridized carbons (Fsp3) is 0.500. The summed E-state index contributed by atoms with van der Waals surface area (Å²) >= 11 is 0. The summed E-state index contributed by atoms with van der Waals surface area (Å²) in [7, 11) is 1.61. The molecule has 0 bridgehead atoms. The highest BCUT2D eigenvalue weighted by Crippen LogP contribution is 2.46. The highest BCUT2D eigenvalue weighted by molar-refractivity contribution is 5.79. The predicted molar refractivity (Wildman–Crippen MR) is 122 cm³/mol. The van der Waals surface area contributed by atoms with Gasteiger partial charge in [-0.15, -0.1) is 0 Å². The number of hydrogen-bond acceptors (Lipinski definition) is 6. The minimum Gasteiger partial charge on any atom is -0.396 e. The number of aliphatic hydroxyl groups is 1. The number of anilines is 2. The van der Waals surface area contributed by atoms with E-state index in [1.165, 1.54) is 0 Å². The standard InChI is InChI=1S/C24H32N4O3/c1-16-14-27(10-11-28(16)22(30)9-12-31-2)24-21(25)13-20(23(26-24)17-7-8-17)19-6-4-3-5-18(19)15-29/h3-6,13,16-17,29H,7-12,14-15,25H2,1-2H3/t16-/m1/s1. The van der Waals surface area contributed by atoms with E-state index in [0.717, 1.165) is 41.0 Å². The smallest absolute Gasteiger partial charge is 0.225 e.